The summed E-state index contributed by atoms with van der Waals surface area (Å²) in [6.45, 7) is 1.83. The first-order valence-electron chi connectivity index (χ1n) is 8.04. The minimum atomic E-state index is -0.213. The summed E-state index contributed by atoms with van der Waals surface area (Å²) in [5.41, 5.74) is 1.81. The van der Waals surface area contributed by atoms with Crippen molar-refractivity contribution in [1.82, 2.24) is 4.98 Å². The summed E-state index contributed by atoms with van der Waals surface area (Å²) in [7, 11) is 0. The number of nitrogens with one attached hydrogen (secondary N) is 1. The second-order valence-corrected chi connectivity index (χ2v) is 7.01. The summed E-state index contributed by atoms with van der Waals surface area (Å²) < 4.78 is 13.8. The Morgan fingerprint density at radius 3 is 2.58 bits per heavy atom. The fraction of sp³-hybridized carbons (Fsp3) is 0.278. The van der Waals surface area contributed by atoms with Gasteiger partial charge < -0.3 is 15.3 Å². The van der Waals surface area contributed by atoms with Crippen LogP contribution in [0.4, 0.5) is 15.2 Å². The Hall–Kier alpha value is -2.34. The monoisotopic (exact) mass is 343 g/mol. The number of aromatic hydroxyl groups is 1. The molecule has 2 N–H and O–H groups in total. The molecular weight excluding hydrogens is 325 g/mol. The van der Waals surface area contributed by atoms with E-state index in [1.54, 1.807) is 18.2 Å². The number of hydrogen-bond donors (Lipinski definition) is 2. The van der Waals surface area contributed by atoms with Crippen LogP contribution >= 0.6 is 11.3 Å². The van der Waals surface area contributed by atoms with Crippen LogP contribution in [-0.4, -0.2) is 29.2 Å². The Balaban J connectivity index is 1.41. The smallest absolute Gasteiger partial charge is 0.186 e. The molecule has 1 saturated heterocycles. The predicted octanol–water partition coefficient (Wildman–Crippen LogP) is 4.22. The lowest BCUT2D eigenvalue weighted by molar-refractivity contribution is 0.482. The molecule has 1 aliphatic rings. The van der Waals surface area contributed by atoms with E-state index in [1.165, 1.54) is 23.5 Å². The number of fused-ring (bicyclic) bond motifs is 1. The highest BCUT2D eigenvalue weighted by Gasteiger charge is 2.22. The molecule has 0 saturated carbocycles. The Morgan fingerprint density at radius 1 is 1.12 bits per heavy atom. The van der Waals surface area contributed by atoms with Gasteiger partial charge in [0, 0.05) is 24.8 Å². The number of aromatic nitrogens is 1. The molecule has 24 heavy (non-hydrogen) atoms. The number of piperidine rings is 1. The highest BCUT2D eigenvalue weighted by Crippen LogP contribution is 2.35. The van der Waals surface area contributed by atoms with Crippen molar-refractivity contribution in [2.75, 3.05) is 23.3 Å². The van der Waals surface area contributed by atoms with Gasteiger partial charge in [-0.1, -0.05) is 17.4 Å². The average molecular weight is 343 g/mol. The number of nitrogens with zero attached hydrogens (tertiary/aromatic N) is 2. The molecule has 0 atom stereocenters. The zero-order valence-corrected chi connectivity index (χ0v) is 13.9. The fourth-order valence-electron chi connectivity index (χ4n) is 3.05. The molecule has 6 heteroatoms. The first-order chi connectivity index (χ1) is 11.7. The van der Waals surface area contributed by atoms with Crippen LogP contribution in [0.25, 0.3) is 10.2 Å². The number of rotatable bonds is 3. The SMILES string of the molecule is Oc1cccc2nc(N3CCC(Nc4ccc(F)cc4)CC3)sc12. The summed E-state index contributed by atoms with van der Waals surface area (Å²) in [5, 5.41) is 14.4. The molecule has 0 amide bonds. The Labute approximate surface area is 143 Å². The van der Waals surface area contributed by atoms with Crippen LogP contribution < -0.4 is 10.2 Å². The standard InChI is InChI=1S/C18H18FN3OS/c19-12-4-6-13(7-5-12)20-14-8-10-22(11-9-14)18-21-15-2-1-3-16(23)17(15)24-18/h1-7,14,20,23H,8-11H2. The van der Waals surface area contributed by atoms with E-state index < -0.39 is 0 Å². The van der Waals surface area contributed by atoms with Gasteiger partial charge in [-0.2, -0.15) is 0 Å². The van der Waals surface area contributed by atoms with Crippen molar-refractivity contribution in [1.29, 1.82) is 0 Å². The average Bonchev–Trinajstić information content (AvgIpc) is 3.03. The van der Waals surface area contributed by atoms with Crippen LogP contribution in [0.2, 0.25) is 0 Å². The van der Waals surface area contributed by atoms with E-state index in [0.717, 1.165) is 47.0 Å². The van der Waals surface area contributed by atoms with E-state index in [0.29, 0.717) is 11.8 Å². The van der Waals surface area contributed by atoms with E-state index in [-0.39, 0.29) is 5.82 Å². The molecule has 0 bridgehead atoms. The number of thiazole rings is 1. The zero-order chi connectivity index (χ0) is 16.5. The molecular formula is C18H18FN3OS. The van der Waals surface area contributed by atoms with Gasteiger partial charge >= 0.3 is 0 Å². The molecule has 0 aliphatic carbocycles. The normalized spacial score (nSPS) is 15.8. The van der Waals surface area contributed by atoms with Crippen molar-refractivity contribution >= 4 is 32.4 Å². The largest absolute Gasteiger partial charge is 0.506 e. The lowest BCUT2D eigenvalue weighted by Crippen LogP contribution is -2.39. The minimum absolute atomic E-state index is 0.213. The van der Waals surface area contributed by atoms with Gasteiger partial charge in [-0.3, -0.25) is 0 Å². The van der Waals surface area contributed by atoms with Gasteiger partial charge in [-0.25, -0.2) is 9.37 Å². The van der Waals surface area contributed by atoms with E-state index in [1.807, 2.05) is 12.1 Å². The van der Waals surface area contributed by atoms with Crippen molar-refractivity contribution < 1.29 is 9.50 Å². The summed E-state index contributed by atoms with van der Waals surface area (Å²) >= 11 is 1.54. The number of benzene rings is 2. The van der Waals surface area contributed by atoms with E-state index in [9.17, 15) is 9.50 Å². The van der Waals surface area contributed by atoms with Crippen molar-refractivity contribution in [3.8, 4) is 5.75 Å². The van der Waals surface area contributed by atoms with Gasteiger partial charge in [-0.05, 0) is 49.2 Å². The second-order valence-electron chi connectivity index (χ2n) is 6.03. The first-order valence-corrected chi connectivity index (χ1v) is 8.86. The van der Waals surface area contributed by atoms with Crippen LogP contribution in [0.3, 0.4) is 0 Å². The van der Waals surface area contributed by atoms with Crippen molar-refractivity contribution in [3.05, 3.63) is 48.3 Å². The van der Waals surface area contributed by atoms with Crippen LogP contribution in [0.1, 0.15) is 12.8 Å². The third-order valence-corrected chi connectivity index (χ3v) is 5.52. The Morgan fingerprint density at radius 2 is 1.88 bits per heavy atom. The van der Waals surface area contributed by atoms with Gasteiger partial charge in [0.2, 0.25) is 0 Å². The highest BCUT2D eigenvalue weighted by atomic mass is 32.1. The van der Waals surface area contributed by atoms with Gasteiger partial charge in [-0.15, -0.1) is 0 Å². The quantitative estimate of drug-likeness (QED) is 0.747. The maximum absolute atomic E-state index is 13.0. The second kappa shape index (κ2) is 6.28. The maximum Gasteiger partial charge on any atom is 0.186 e. The summed E-state index contributed by atoms with van der Waals surface area (Å²) in [5.74, 6) is 0.0820. The number of phenols is 1. The summed E-state index contributed by atoms with van der Waals surface area (Å²) in [6, 6.07) is 12.3. The van der Waals surface area contributed by atoms with Crippen LogP contribution in [0, 0.1) is 5.82 Å². The highest BCUT2D eigenvalue weighted by molar-refractivity contribution is 7.22. The lowest BCUT2D eigenvalue weighted by Gasteiger charge is -2.32. The van der Waals surface area contributed by atoms with E-state index in [2.05, 4.69) is 15.2 Å². The molecule has 1 aromatic heterocycles. The Bertz CT molecular complexity index is 841. The molecule has 1 fully saturated rings. The number of phenolic OH excluding ortho intramolecular Hbond substituents is 1. The predicted molar refractivity (Wildman–Crippen MR) is 96.5 cm³/mol. The maximum atomic E-state index is 13.0. The summed E-state index contributed by atoms with van der Waals surface area (Å²) in [6.07, 6.45) is 2.00. The molecule has 2 heterocycles. The molecule has 4 rings (SSSR count). The minimum Gasteiger partial charge on any atom is -0.506 e. The topological polar surface area (TPSA) is 48.4 Å². The van der Waals surface area contributed by atoms with Gasteiger partial charge in [0.25, 0.3) is 0 Å². The lowest BCUT2D eigenvalue weighted by atomic mass is 10.1. The van der Waals surface area contributed by atoms with Gasteiger partial charge in [0.1, 0.15) is 11.6 Å². The summed E-state index contributed by atoms with van der Waals surface area (Å²) in [4.78, 5) is 6.91. The molecule has 4 nitrogen and oxygen atoms in total. The molecule has 0 radical (unpaired) electrons. The zero-order valence-electron chi connectivity index (χ0n) is 13.1. The van der Waals surface area contributed by atoms with Gasteiger partial charge in [0.15, 0.2) is 5.13 Å². The van der Waals surface area contributed by atoms with E-state index >= 15 is 0 Å². The van der Waals surface area contributed by atoms with Crippen molar-refractivity contribution in [3.63, 3.8) is 0 Å². The van der Waals surface area contributed by atoms with Crippen LogP contribution in [0.5, 0.6) is 5.75 Å². The number of hydrogen-bond acceptors (Lipinski definition) is 5. The molecule has 2 aromatic carbocycles. The molecule has 3 aromatic rings. The number of anilines is 2. The van der Waals surface area contributed by atoms with E-state index in [4.69, 9.17) is 0 Å². The van der Waals surface area contributed by atoms with Gasteiger partial charge in [0.05, 0.1) is 10.2 Å². The van der Waals surface area contributed by atoms with Crippen LogP contribution in [-0.2, 0) is 0 Å². The Kier molecular flexibility index (Phi) is 3.98. The number of halogens is 1. The van der Waals surface area contributed by atoms with Crippen LogP contribution in [0.15, 0.2) is 42.5 Å². The molecule has 0 unspecified atom stereocenters. The molecule has 124 valence electrons. The molecule has 1 aliphatic heterocycles. The van der Waals surface area contributed by atoms with Crippen molar-refractivity contribution in [2.45, 2.75) is 18.9 Å². The third kappa shape index (κ3) is 3.01. The first kappa shape index (κ1) is 15.2. The third-order valence-electron chi connectivity index (χ3n) is 4.36. The fourth-order valence-corrected chi connectivity index (χ4v) is 4.08. The molecule has 0 spiro atoms. The van der Waals surface area contributed by atoms with Crippen molar-refractivity contribution in [2.24, 2.45) is 0 Å².